The number of hydrogen-bond donors (Lipinski definition) is 0. The molecule has 0 aliphatic carbocycles. The zero-order valence-electron chi connectivity index (χ0n) is 29.6. The van der Waals surface area contributed by atoms with Crippen molar-refractivity contribution in [3.8, 4) is 56.0 Å². The van der Waals surface area contributed by atoms with Crippen molar-refractivity contribution in [2.45, 2.75) is 91.3 Å². The SMILES string of the molecule is CCCCC(CC)Oc1ccc(-c2ccc(-c3ccc(-c4ccc(-c5ccc(OC(CC)CCCC)cc5)cc4F)c4nsnc34)cc2)cc1. The van der Waals surface area contributed by atoms with Crippen LogP contribution in [0.1, 0.15) is 79.1 Å². The van der Waals surface area contributed by atoms with E-state index in [9.17, 15) is 0 Å². The molecule has 0 fully saturated rings. The van der Waals surface area contributed by atoms with Gasteiger partial charge in [-0.2, -0.15) is 8.75 Å². The normalized spacial score (nSPS) is 12.6. The van der Waals surface area contributed by atoms with Crippen molar-refractivity contribution >= 4 is 22.8 Å². The zero-order chi connectivity index (χ0) is 34.9. The summed E-state index contributed by atoms with van der Waals surface area (Å²) in [5.74, 6) is 1.48. The van der Waals surface area contributed by atoms with Crippen LogP contribution in [-0.2, 0) is 0 Å². The molecule has 2 unspecified atom stereocenters. The van der Waals surface area contributed by atoms with Gasteiger partial charge in [0.05, 0.1) is 23.9 Å². The first-order valence-corrected chi connectivity index (χ1v) is 18.9. The van der Waals surface area contributed by atoms with Crippen molar-refractivity contribution in [1.29, 1.82) is 0 Å². The van der Waals surface area contributed by atoms with Crippen LogP contribution in [0.4, 0.5) is 4.39 Å². The Hall–Kier alpha value is -4.55. The predicted molar refractivity (Wildman–Crippen MR) is 208 cm³/mol. The van der Waals surface area contributed by atoms with E-state index in [-0.39, 0.29) is 18.0 Å². The van der Waals surface area contributed by atoms with E-state index in [4.69, 9.17) is 9.47 Å². The lowest BCUT2D eigenvalue weighted by Crippen LogP contribution is -2.14. The Balaban J connectivity index is 1.17. The van der Waals surface area contributed by atoms with Crippen LogP contribution in [0, 0.1) is 5.82 Å². The number of rotatable bonds is 16. The Morgan fingerprint density at radius 2 is 0.940 bits per heavy atom. The van der Waals surface area contributed by atoms with Crippen LogP contribution in [0.25, 0.3) is 55.5 Å². The molecule has 6 aromatic rings. The summed E-state index contributed by atoms with van der Waals surface area (Å²) in [6, 6.07) is 34.2. The van der Waals surface area contributed by atoms with E-state index in [0.717, 1.165) is 106 Å². The minimum atomic E-state index is -0.289. The lowest BCUT2D eigenvalue weighted by Gasteiger charge is -2.17. The third-order valence-corrected chi connectivity index (χ3v) is 10.0. The van der Waals surface area contributed by atoms with Crippen molar-refractivity contribution < 1.29 is 13.9 Å². The van der Waals surface area contributed by atoms with Crippen LogP contribution < -0.4 is 9.47 Å². The monoisotopic (exact) mass is 686 g/mol. The molecule has 6 rings (SSSR count). The Morgan fingerprint density at radius 3 is 1.44 bits per heavy atom. The molecule has 6 heteroatoms. The molecule has 0 saturated heterocycles. The number of ether oxygens (including phenoxy) is 2. The molecule has 0 aliphatic heterocycles. The van der Waals surface area contributed by atoms with Gasteiger partial charge in [-0.3, -0.25) is 0 Å². The lowest BCUT2D eigenvalue weighted by molar-refractivity contribution is 0.183. The quantitative estimate of drug-likeness (QED) is 0.102. The highest BCUT2D eigenvalue weighted by atomic mass is 32.1. The molecule has 50 heavy (non-hydrogen) atoms. The fourth-order valence-corrected chi connectivity index (χ4v) is 7.04. The molecule has 0 bridgehead atoms. The summed E-state index contributed by atoms with van der Waals surface area (Å²) in [6.07, 6.45) is 9.30. The van der Waals surface area contributed by atoms with E-state index < -0.39 is 0 Å². The molecule has 0 saturated carbocycles. The van der Waals surface area contributed by atoms with Gasteiger partial charge in [0.1, 0.15) is 28.3 Å². The van der Waals surface area contributed by atoms with Crippen LogP contribution in [0.2, 0.25) is 0 Å². The first-order chi connectivity index (χ1) is 24.5. The molecule has 0 amide bonds. The Kier molecular flexibility index (Phi) is 11.9. The average molecular weight is 687 g/mol. The van der Waals surface area contributed by atoms with Crippen LogP contribution in [0.15, 0.2) is 103 Å². The predicted octanol–water partition coefficient (Wildman–Crippen LogP) is 13.2. The molecular weight excluding hydrogens is 640 g/mol. The number of benzene rings is 5. The first-order valence-electron chi connectivity index (χ1n) is 18.2. The summed E-state index contributed by atoms with van der Waals surface area (Å²) in [6.45, 7) is 8.76. The van der Waals surface area contributed by atoms with Gasteiger partial charge in [0.25, 0.3) is 0 Å². The summed E-state index contributed by atoms with van der Waals surface area (Å²) in [5.41, 5.74) is 8.78. The molecule has 0 aliphatic rings. The van der Waals surface area contributed by atoms with Crippen LogP contribution in [0.5, 0.6) is 11.5 Å². The standard InChI is InChI=1S/C44H47FN2O2S/c1-5-9-11-35(7-3)48-37-22-17-31(18-23-37)30-13-15-33(16-14-30)39-27-28-41(44-43(39)46-50-47-44)40-26-21-34(29-42(40)45)32-19-24-38(25-20-32)49-36(8-4)12-10-6-2/h13-29,35-36H,5-12H2,1-4H3. The van der Waals surface area contributed by atoms with Crippen LogP contribution in [0.3, 0.4) is 0 Å². The zero-order valence-corrected chi connectivity index (χ0v) is 30.4. The average Bonchev–Trinajstić information content (AvgIpc) is 3.66. The molecule has 1 aromatic heterocycles. The fraction of sp³-hybridized carbons (Fsp3) is 0.318. The molecule has 5 aromatic carbocycles. The van der Waals surface area contributed by atoms with Crippen molar-refractivity contribution in [3.63, 3.8) is 0 Å². The Bertz CT molecular complexity index is 1970. The minimum absolute atomic E-state index is 0.220. The number of halogens is 1. The van der Waals surface area contributed by atoms with Crippen molar-refractivity contribution in [2.24, 2.45) is 0 Å². The van der Waals surface area contributed by atoms with Crippen LogP contribution >= 0.6 is 11.7 Å². The Labute approximate surface area is 300 Å². The number of unbranched alkanes of at least 4 members (excludes halogenated alkanes) is 2. The highest BCUT2D eigenvalue weighted by Gasteiger charge is 2.17. The second-order valence-corrected chi connectivity index (χ2v) is 13.6. The number of hydrogen-bond acceptors (Lipinski definition) is 5. The second-order valence-electron chi connectivity index (χ2n) is 13.0. The maximum absolute atomic E-state index is 15.8. The van der Waals surface area contributed by atoms with E-state index >= 15 is 4.39 Å². The molecule has 2 atom stereocenters. The van der Waals surface area contributed by atoms with Crippen molar-refractivity contribution in [2.75, 3.05) is 0 Å². The van der Waals surface area contributed by atoms with Crippen molar-refractivity contribution in [1.82, 2.24) is 8.75 Å². The molecule has 0 N–H and O–H groups in total. The van der Waals surface area contributed by atoms with E-state index in [2.05, 4.69) is 85.0 Å². The topological polar surface area (TPSA) is 44.2 Å². The summed E-state index contributed by atoms with van der Waals surface area (Å²) in [5, 5.41) is 0. The largest absolute Gasteiger partial charge is 0.490 e. The fourth-order valence-electron chi connectivity index (χ4n) is 6.47. The minimum Gasteiger partial charge on any atom is -0.490 e. The molecule has 0 radical (unpaired) electrons. The van der Waals surface area contributed by atoms with Gasteiger partial charge < -0.3 is 9.47 Å². The highest BCUT2D eigenvalue weighted by Crippen LogP contribution is 2.37. The van der Waals surface area contributed by atoms with E-state index in [1.165, 1.54) is 12.8 Å². The smallest absolute Gasteiger partial charge is 0.131 e. The summed E-state index contributed by atoms with van der Waals surface area (Å²) < 4.78 is 37.5. The lowest BCUT2D eigenvalue weighted by atomic mass is 9.95. The van der Waals surface area contributed by atoms with Gasteiger partial charge in [0.15, 0.2) is 0 Å². The van der Waals surface area contributed by atoms with E-state index in [1.807, 2.05) is 48.5 Å². The number of nitrogens with zero attached hydrogens (tertiary/aromatic N) is 2. The van der Waals surface area contributed by atoms with Gasteiger partial charge in [0, 0.05) is 16.7 Å². The van der Waals surface area contributed by atoms with Gasteiger partial charge in [-0.1, -0.05) is 126 Å². The van der Waals surface area contributed by atoms with Gasteiger partial charge >= 0.3 is 0 Å². The van der Waals surface area contributed by atoms with Gasteiger partial charge in [0.2, 0.25) is 0 Å². The van der Waals surface area contributed by atoms with E-state index in [1.54, 1.807) is 6.07 Å². The first kappa shape index (κ1) is 35.3. The molecule has 1 heterocycles. The molecule has 258 valence electrons. The molecule has 0 spiro atoms. The van der Waals surface area contributed by atoms with Gasteiger partial charge in [-0.05, 0) is 83.8 Å². The van der Waals surface area contributed by atoms with Crippen molar-refractivity contribution in [3.05, 3.63) is 109 Å². The van der Waals surface area contributed by atoms with Gasteiger partial charge in [-0.15, -0.1) is 0 Å². The third-order valence-electron chi connectivity index (χ3n) is 9.52. The summed E-state index contributed by atoms with van der Waals surface area (Å²) >= 11 is 1.15. The number of aromatic nitrogens is 2. The highest BCUT2D eigenvalue weighted by molar-refractivity contribution is 7.00. The summed E-state index contributed by atoms with van der Waals surface area (Å²) in [4.78, 5) is 0. The summed E-state index contributed by atoms with van der Waals surface area (Å²) in [7, 11) is 0. The molecule has 4 nitrogen and oxygen atoms in total. The van der Waals surface area contributed by atoms with Gasteiger partial charge in [-0.25, -0.2) is 4.39 Å². The van der Waals surface area contributed by atoms with E-state index in [0.29, 0.717) is 11.1 Å². The number of fused-ring (bicyclic) bond motifs is 1. The Morgan fingerprint density at radius 1 is 0.520 bits per heavy atom. The maximum Gasteiger partial charge on any atom is 0.131 e. The third kappa shape index (κ3) is 8.24. The maximum atomic E-state index is 15.8. The second kappa shape index (κ2) is 16.9. The molecular formula is C44H47FN2O2S. The van der Waals surface area contributed by atoms with Crippen LogP contribution in [-0.4, -0.2) is 21.0 Å².